The average molecular weight is 253 g/mol. The maximum absolute atomic E-state index is 5.46. The maximum atomic E-state index is 5.46. The Bertz CT molecular complexity index is 241. The summed E-state index contributed by atoms with van der Waals surface area (Å²) in [5.41, 5.74) is 0. The molecule has 0 saturated heterocycles. The van der Waals surface area contributed by atoms with Gasteiger partial charge in [0, 0.05) is 19.2 Å². The van der Waals surface area contributed by atoms with Gasteiger partial charge in [0.1, 0.15) is 0 Å². The SMILES string of the molecule is COC1CCC(NC2CCCC(CC(C)C)C2)C1. The number of hydrogen-bond acceptors (Lipinski definition) is 2. The number of ether oxygens (including phenoxy) is 1. The molecule has 0 aromatic carbocycles. The Morgan fingerprint density at radius 1 is 1.06 bits per heavy atom. The first-order chi connectivity index (χ1) is 8.67. The van der Waals surface area contributed by atoms with Gasteiger partial charge < -0.3 is 10.1 Å². The van der Waals surface area contributed by atoms with Gasteiger partial charge in [0.25, 0.3) is 0 Å². The summed E-state index contributed by atoms with van der Waals surface area (Å²) in [6.07, 6.45) is 11.4. The molecule has 0 aromatic heterocycles. The van der Waals surface area contributed by atoms with E-state index in [1.54, 1.807) is 0 Å². The van der Waals surface area contributed by atoms with Crippen molar-refractivity contribution in [2.24, 2.45) is 11.8 Å². The predicted octanol–water partition coefficient (Wildman–Crippen LogP) is 3.75. The molecule has 2 aliphatic rings. The van der Waals surface area contributed by atoms with Crippen molar-refractivity contribution < 1.29 is 4.74 Å². The monoisotopic (exact) mass is 253 g/mol. The van der Waals surface area contributed by atoms with Crippen LogP contribution in [0.5, 0.6) is 0 Å². The molecule has 1 N–H and O–H groups in total. The topological polar surface area (TPSA) is 21.3 Å². The molecule has 0 amide bonds. The molecule has 18 heavy (non-hydrogen) atoms. The standard InChI is InChI=1S/C16H31NO/c1-12(2)9-13-5-4-6-14(10-13)17-15-7-8-16(11-15)18-3/h12-17H,4-11H2,1-3H3. The van der Waals surface area contributed by atoms with Crippen molar-refractivity contribution in [3.05, 3.63) is 0 Å². The van der Waals surface area contributed by atoms with Crippen LogP contribution in [0.25, 0.3) is 0 Å². The minimum Gasteiger partial charge on any atom is -0.381 e. The first-order valence-corrected chi connectivity index (χ1v) is 7.96. The first kappa shape index (κ1) is 14.3. The molecule has 2 rings (SSSR count). The summed E-state index contributed by atoms with van der Waals surface area (Å²) in [5.74, 6) is 1.83. The van der Waals surface area contributed by atoms with Gasteiger partial charge in [-0.05, 0) is 50.4 Å². The van der Waals surface area contributed by atoms with Crippen molar-refractivity contribution in [2.75, 3.05) is 7.11 Å². The summed E-state index contributed by atoms with van der Waals surface area (Å²) in [7, 11) is 1.85. The second-order valence-electron chi connectivity index (χ2n) is 6.89. The lowest BCUT2D eigenvalue weighted by Crippen LogP contribution is -2.40. The molecule has 106 valence electrons. The summed E-state index contributed by atoms with van der Waals surface area (Å²) < 4.78 is 5.46. The molecule has 0 spiro atoms. The molecule has 2 aliphatic carbocycles. The third-order valence-corrected chi connectivity index (χ3v) is 4.78. The number of nitrogens with one attached hydrogen (secondary N) is 1. The molecular formula is C16H31NO. The largest absolute Gasteiger partial charge is 0.381 e. The van der Waals surface area contributed by atoms with E-state index in [-0.39, 0.29) is 0 Å². The van der Waals surface area contributed by atoms with E-state index in [0.717, 1.165) is 23.9 Å². The number of hydrogen-bond donors (Lipinski definition) is 1. The first-order valence-electron chi connectivity index (χ1n) is 7.96. The van der Waals surface area contributed by atoms with Crippen molar-refractivity contribution >= 4 is 0 Å². The van der Waals surface area contributed by atoms with Crippen LogP contribution < -0.4 is 5.32 Å². The minimum atomic E-state index is 0.512. The van der Waals surface area contributed by atoms with Crippen LogP contribution in [0.3, 0.4) is 0 Å². The summed E-state index contributed by atoms with van der Waals surface area (Å²) in [6, 6.07) is 1.50. The highest BCUT2D eigenvalue weighted by Gasteiger charge is 2.29. The van der Waals surface area contributed by atoms with E-state index in [1.807, 2.05) is 7.11 Å². The summed E-state index contributed by atoms with van der Waals surface area (Å²) in [4.78, 5) is 0. The minimum absolute atomic E-state index is 0.512. The van der Waals surface area contributed by atoms with E-state index in [4.69, 9.17) is 4.74 Å². The Morgan fingerprint density at radius 2 is 1.83 bits per heavy atom. The van der Waals surface area contributed by atoms with E-state index < -0.39 is 0 Å². The Balaban J connectivity index is 1.72. The maximum Gasteiger partial charge on any atom is 0.0586 e. The zero-order valence-corrected chi connectivity index (χ0v) is 12.5. The zero-order valence-electron chi connectivity index (χ0n) is 12.5. The molecule has 0 bridgehead atoms. The highest BCUT2D eigenvalue weighted by Crippen LogP contribution is 2.31. The lowest BCUT2D eigenvalue weighted by Gasteiger charge is -2.32. The van der Waals surface area contributed by atoms with Crippen molar-refractivity contribution in [1.29, 1.82) is 0 Å². The Morgan fingerprint density at radius 3 is 2.50 bits per heavy atom. The molecule has 0 heterocycles. The van der Waals surface area contributed by atoms with Crippen LogP contribution in [0, 0.1) is 11.8 Å². The van der Waals surface area contributed by atoms with E-state index in [9.17, 15) is 0 Å². The molecule has 4 atom stereocenters. The van der Waals surface area contributed by atoms with Gasteiger partial charge in [-0.3, -0.25) is 0 Å². The van der Waals surface area contributed by atoms with Crippen LogP contribution in [-0.4, -0.2) is 25.3 Å². The average Bonchev–Trinajstić information content (AvgIpc) is 2.76. The van der Waals surface area contributed by atoms with E-state index in [2.05, 4.69) is 19.2 Å². The highest BCUT2D eigenvalue weighted by molar-refractivity contribution is 4.86. The van der Waals surface area contributed by atoms with Crippen molar-refractivity contribution in [3.63, 3.8) is 0 Å². The summed E-state index contributed by atoms with van der Waals surface area (Å²) >= 11 is 0. The Kier molecular flexibility index (Phi) is 5.50. The van der Waals surface area contributed by atoms with Gasteiger partial charge in [-0.2, -0.15) is 0 Å². The van der Waals surface area contributed by atoms with Crippen molar-refractivity contribution in [2.45, 2.75) is 83.4 Å². The predicted molar refractivity (Wildman–Crippen MR) is 76.8 cm³/mol. The van der Waals surface area contributed by atoms with E-state index in [1.165, 1.54) is 51.4 Å². The van der Waals surface area contributed by atoms with E-state index in [0.29, 0.717) is 6.10 Å². The van der Waals surface area contributed by atoms with Gasteiger partial charge >= 0.3 is 0 Å². The molecule has 2 heteroatoms. The van der Waals surface area contributed by atoms with Crippen LogP contribution in [-0.2, 0) is 4.74 Å². The smallest absolute Gasteiger partial charge is 0.0586 e. The van der Waals surface area contributed by atoms with E-state index >= 15 is 0 Å². The molecule has 0 aliphatic heterocycles. The van der Waals surface area contributed by atoms with Crippen molar-refractivity contribution in [3.8, 4) is 0 Å². The molecule has 2 fully saturated rings. The van der Waals surface area contributed by atoms with Gasteiger partial charge in [0.2, 0.25) is 0 Å². The quantitative estimate of drug-likeness (QED) is 0.805. The van der Waals surface area contributed by atoms with Gasteiger partial charge in [-0.15, -0.1) is 0 Å². The van der Waals surface area contributed by atoms with Crippen LogP contribution in [0.2, 0.25) is 0 Å². The molecule has 0 radical (unpaired) electrons. The zero-order chi connectivity index (χ0) is 13.0. The van der Waals surface area contributed by atoms with Gasteiger partial charge in [0.15, 0.2) is 0 Å². The molecule has 4 unspecified atom stereocenters. The highest BCUT2D eigenvalue weighted by atomic mass is 16.5. The lowest BCUT2D eigenvalue weighted by atomic mass is 9.81. The normalized spacial score (nSPS) is 37.3. The number of methoxy groups -OCH3 is 1. The third kappa shape index (κ3) is 4.24. The molecule has 2 nitrogen and oxygen atoms in total. The Hall–Kier alpha value is -0.0800. The van der Waals surface area contributed by atoms with Crippen LogP contribution in [0.1, 0.15) is 65.2 Å². The molecule has 2 saturated carbocycles. The molecular weight excluding hydrogens is 222 g/mol. The fraction of sp³-hybridized carbons (Fsp3) is 1.00. The van der Waals surface area contributed by atoms with Crippen LogP contribution >= 0.6 is 0 Å². The van der Waals surface area contributed by atoms with Gasteiger partial charge in [-0.1, -0.05) is 26.7 Å². The van der Waals surface area contributed by atoms with Crippen LogP contribution in [0.4, 0.5) is 0 Å². The fourth-order valence-electron chi connectivity index (χ4n) is 3.96. The third-order valence-electron chi connectivity index (χ3n) is 4.78. The second-order valence-corrected chi connectivity index (χ2v) is 6.89. The summed E-state index contributed by atoms with van der Waals surface area (Å²) in [6.45, 7) is 4.72. The van der Waals surface area contributed by atoms with Crippen LogP contribution in [0.15, 0.2) is 0 Å². The summed E-state index contributed by atoms with van der Waals surface area (Å²) in [5, 5.41) is 3.91. The fourth-order valence-corrected chi connectivity index (χ4v) is 3.96. The Labute approximate surface area is 113 Å². The lowest BCUT2D eigenvalue weighted by molar-refractivity contribution is 0.106. The van der Waals surface area contributed by atoms with Gasteiger partial charge in [-0.25, -0.2) is 0 Å². The second kappa shape index (κ2) is 6.91. The van der Waals surface area contributed by atoms with Crippen molar-refractivity contribution in [1.82, 2.24) is 5.32 Å². The molecule has 0 aromatic rings. The number of rotatable bonds is 5. The van der Waals surface area contributed by atoms with Gasteiger partial charge in [0.05, 0.1) is 6.10 Å².